The number of rotatable bonds is 3. The van der Waals surface area contributed by atoms with Crippen molar-refractivity contribution in [3.63, 3.8) is 0 Å². The van der Waals surface area contributed by atoms with Crippen molar-refractivity contribution in [2.75, 3.05) is 0 Å². The summed E-state index contributed by atoms with van der Waals surface area (Å²) in [6.45, 7) is 2.24. The van der Waals surface area contributed by atoms with Crippen LogP contribution in [0.1, 0.15) is 50.8 Å². The summed E-state index contributed by atoms with van der Waals surface area (Å²) in [5.74, 6) is 0. The lowest BCUT2D eigenvalue weighted by molar-refractivity contribution is 0.343. The highest BCUT2D eigenvalue weighted by Gasteiger charge is 2.17. The third-order valence-electron chi connectivity index (χ3n) is 3.99. The van der Waals surface area contributed by atoms with Crippen molar-refractivity contribution in [1.82, 2.24) is 14.9 Å². The first-order valence-corrected chi connectivity index (χ1v) is 7.03. The number of aromatic nitrogens is 2. The Hall–Kier alpha value is -1.35. The Kier molecular flexibility index (Phi) is 3.33. The quantitative estimate of drug-likeness (QED) is 0.896. The van der Waals surface area contributed by atoms with Gasteiger partial charge in [-0.1, -0.05) is 25.3 Å². The monoisotopic (exact) mass is 243 g/mol. The molecule has 1 aliphatic carbocycles. The predicted molar refractivity (Wildman–Crippen MR) is 73.6 cm³/mol. The van der Waals surface area contributed by atoms with Crippen molar-refractivity contribution < 1.29 is 0 Å². The first-order valence-electron chi connectivity index (χ1n) is 7.03. The van der Waals surface area contributed by atoms with Gasteiger partial charge in [-0.2, -0.15) is 5.10 Å². The largest absolute Gasteiger partial charge is 0.306 e. The van der Waals surface area contributed by atoms with Gasteiger partial charge in [-0.3, -0.25) is 0 Å². The second-order valence-corrected chi connectivity index (χ2v) is 5.34. The van der Waals surface area contributed by atoms with Gasteiger partial charge in [-0.25, -0.2) is 4.52 Å². The molecular formula is C15H21N3. The molecule has 1 unspecified atom stereocenters. The smallest absolute Gasteiger partial charge is 0.0665 e. The lowest BCUT2D eigenvalue weighted by atomic mass is 9.94. The molecule has 3 nitrogen and oxygen atoms in total. The van der Waals surface area contributed by atoms with Gasteiger partial charge in [-0.05, 0) is 38.0 Å². The number of hydrogen-bond acceptors (Lipinski definition) is 2. The predicted octanol–water partition coefficient (Wildman–Crippen LogP) is 3.32. The summed E-state index contributed by atoms with van der Waals surface area (Å²) in [4.78, 5) is 0. The first-order chi connectivity index (χ1) is 8.84. The number of pyridine rings is 1. The third kappa shape index (κ3) is 2.27. The molecule has 96 valence electrons. The van der Waals surface area contributed by atoms with Gasteiger partial charge in [0.1, 0.15) is 0 Å². The maximum Gasteiger partial charge on any atom is 0.0665 e. The zero-order valence-electron chi connectivity index (χ0n) is 11.0. The Morgan fingerprint density at radius 1 is 1.22 bits per heavy atom. The molecule has 0 saturated heterocycles. The SMILES string of the molecule is CC(NC1CCCCC1)c1cccc2ccnn12. The molecule has 1 fully saturated rings. The highest BCUT2D eigenvalue weighted by Crippen LogP contribution is 2.21. The molecule has 2 aromatic heterocycles. The highest BCUT2D eigenvalue weighted by atomic mass is 15.2. The summed E-state index contributed by atoms with van der Waals surface area (Å²) >= 11 is 0. The van der Waals surface area contributed by atoms with E-state index in [1.807, 2.05) is 10.7 Å². The van der Waals surface area contributed by atoms with E-state index in [-0.39, 0.29) is 0 Å². The highest BCUT2D eigenvalue weighted by molar-refractivity contribution is 5.46. The van der Waals surface area contributed by atoms with Gasteiger partial charge in [-0.15, -0.1) is 0 Å². The summed E-state index contributed by atoms with van der Waals surface area (Å²) in [5.41, 5.74) is 2.42. The van der Waals surface area contributed by atoms with Crippen LogP contribution in [-0.4, -0.2) is 15.7 Å². The number of fused-ring (bicyclic) bond motifs is 1. The van der Waals surface area contributed by atoms with Crippen molar-refractivity contribution in [1.29, 1.82) is 0 Å². The van der Waals surface area contributed by atoms with E-state index in [2.05, 4.69) is 41.6 Å². The second-order valence-electron chi connectivity index (χ2n) is 5.34. The second kappa shape index (κ2) is 5.11. The summed E-state index contributed by atoms with van der Waals surface area (Å²) in [7, 11) is 0. The van der Waals surface area contributed by atoms with Crippen LogP contribution >= 0.6 is 0 Å². The first kappa shape index (κ1) is 11.7. The number of nitrogens with one attached hydrogen (secondary N) is 1. The number of hydrogen-bond donors (Lipinski definition) is 1. The van der Waals surface area contributed by atoms with Gasteiger partial charge in [0.15, 0.2) is 0 Å². The van der Waals surface area contributed by atoms with E-state index in [0.717, 1.165) is 0 Å². The van der Waals surface area contributed by atoms with Crippen molar-refractivity contribution >= 4 is 5.52 Å². The Bertz CT molecular complexity index is 511. The molecule has 3 rings (SSSR count). The molecule has 0 bridgehead atoms. The van der Waals surface area contributed by atoms with Crippen LogP contribution in [-0.2, 0) is 0 Å². The fourth-order valence-corrected chi connectivity index (χ4v) is 3.01. The lowest BCUT2D eigenvalue weighted by Crippen LogP contribution is -2.34. The molecule has 1 aliphatic rings. The van der Waals surface area contributed by atoms with Crippen molar-refractivity contribution in [3.8, 4) is 0 Å². The molecule has 2 heterocycles. The van der Waals surface area contributed by atoms with Crippen molar-refractivity contribution in [2.45, 2.75) is 51.1 Å². The molecule has 0 amide bonds. The van der Waals surface area contributed by atoms with Crippen LogP contribution < -0.4 is 5.32 Å². The van der Waals surface area contributed by atoms with Crippen molar-refractivity contribution in [3.05, 3.63) is 36.2 Å². The van der Waals surface area contributed by atoms with E-state index in [0.29, 0.717) is 12.1 Å². The summed E-state index contributed by atoms with van der Waals surface area (Å²) < 4.78 is 2.04. The van der Waals surface area contributed by atoms with E-state index >= 15 is 0 Å². The van der Waals surface area contributed by atoms with Gasteiger partial charge in [0.05, 0.1) is 11.2 Å². The molecule has 1 N–H and O–H groups in total. The van der Waals surface area contributed by atoms with Crippen LogP contribution in [0.25, 0.3) is 5.52 Å². The molecule has 0 aromatic carbocycles. The van der Waals surface area contributed by atoms with E-state index in [4.69, 9.17) is 0 Å². The van der Waals surface area contributed by atoms with Crippen LogP contribution in [0.3, 0.4) is 0 Å². The molecule has 1 saturated carbocycles. The van der Waals surface area contributed by atoms with Gasteiger partial charge >= 0.3 is 0 Å². The van der Waals surface area contributed by atoms with E-state index in [1.165, 1.54) is 43.3 Å². The van der Waals surface area contributed by atoms with Crippen LogP contribution in [0.5, 0.6) is 0 Å². The summed E-state index contributed by atoms with van der Waals surface area (Å²) in [6, 6.07) is 9.48. The minimum atomic E-state index is 0.358. The van der Waals surface area contributed by atoms with E-state index in [9.17, 15) is 0 Å². The fourth-order valence-electron chi connectivity index (χ4n) is 3.01. The van der Waals surface area contributed by atoms with Crippen LogP contribution in [0.4, 0.5) is 0 Å². The van der Waals surface area contributed by atoms with Gasteiger partial charge in [0.2, 0.25) is 0 Å². The topological polar surface area (TPSA) is 29.3 Å². The van der Waals surface area contributed by atoms with Crippen LogP contribution in [0.2, 0.25) is 0 Å². The molecule has 0 spiro atoms. The maximum absolute atomic E-state index is 4.41. The van der Waals surface area contributed by atoms with Gasteiger partial charge in [0.25, 0.3) is 0 Å². The maximum atomic E-state index is 4.41. The minimum Gasteiger partial charge on any atom is -0.306 e. The van der Waals surface area contributed by atoms with E-state index in [1.54, 1.807) is 0 Å². The molecule has 3 heteroatoms. The Morgan fingerprint density at radius 3 is 2.89 bits per heavy atom. The fraction of sp³-hybridized carbons (Fsp3) is 0.533. The zero-order chi connectivity index (χ0) is 12.4. The average Bonchev–Trinajstić information content (AvgIpc) is 2.87. The normalized spacial score (nSPS) is 19.2. The Labute approximate surface area is 108 Å². The molecule has 0 aliphatic heterocycles. The molecular weight excluding hydrogens is 222 g/mol. The third-order valence-corrected chi connectivity index (χ3v) is 3.99. The molecule has 2 aromatic rings. The van der Waals surface area contributed by atoms with Crippen LogP contribution in [0.15, 0.2) is 30.5 Å². The lowest BCUT2D eigenvalue weighted by Gasteiger charge is -2.27. The Balaban J connectivity index is 1.78. The molecule has 1 atom stereocenters. The van der Waals surface area contributed by atoms with Gasteiger partial charge in [0, 0.05) is 18.3 Å². The average molecular weight is 243 g/mol. The zero-order valence-corrected chi connectivity index (χ0v) is 11.0. The van der Waals surface area contributed by atoms with Crippen LogP contribution in [0, 0.1) is 0 Å². The molecule has 18 heavy (non-hydrogen) atoms. The molecule has 0 radical (unpaired) electrons. The minimum absolute atomic E-state index is 0.358. The summed E-state index contributed by atoms with van der Waals surface area (Å²) in [5, 5.41) is 8.17. The Morgan fingerprint density at radius 2 is 2.06 bits per heavy atom. The van der Waals surface area contributed by atoms with Crippen molar-refractivity contribution in [2.24, 2.45) is 0 Å². The van der Waals surface area contributed by atoms with E-state index < -0.39 is 0 Å². The standard InChI is InChI=1S/C15H21N3/c1-12(17-13-6-3-2-4-7-13)15-9-5-8-14-10-11-16-18(14)15/h5,8-13,17H,2-4,6-7H2,1H3. The number of nitrogens with zero attached hydrogens (tertiary/aromatic N) is 2. The summed E-state index contributed by atoms with van der Waals surface area (Å²) in [6.07, 6.45) is 8.65. The van der Waals surface area contributed by atoms with Gasteiger partial charge < -0.3 is 5.32 Å².